The van der Waals surface area contributed by atoms with Crippen LogP contribution in [0.3, 0.4) is 0 Å². The highest BCUT2D eigenvalue weighted by Gasteiger charge is 2.05. The first-order valence-corrected chi connectivity index (χ1v) is 8.15. The molecule has 2 aromatic rings. The van der Waals surface area contributed by atoms with E-state index in [1.807, 2.05) is 30.3 Å². The molecule has 0 fully saturated rings. The third-order valence-electron chi connectivity index (χ3n) is 3.48. The lowest BCUT2D eigenvalue weighted by atomic mass is 10.2. The third kappa shape index (κ3) is 5.79. The van der Waals surface area contributed by atoms with Crippen molar-refractivity contribution in [3.05, 3.63) is 72.3 Å². The van der Waals surface area contributed by atoms with Crippen molar-refractivity contribution in [3.8, 4) is 11.5 Å². The zero-order chi connectivity index (χ0) is 18.8. The topological polar surface area (TPSA) is 56.8 Å². The molecule has 136 valence electrons. The number of amides is 1. The Labute approximate surface area is 153 Å². The SMILES string of the molecule is C=CCOc1ccc(/C=C/C(=O)Nc2cccc(COC)c2)cc1OC. The van der Waals surface area contributed by atoms with Crippen LogP contribution in [0.15, 0.2) is 61.2 Å². The largest absolute Gasteiger partial charge is 0.493 e. The van der Waals surface area contributed by atoms with Gasteiger partial charge in [0.15, 0.2) is 11.5 Å². The second-order valence-electron chi connectivity index (χ2n) is 5.47. The maximum Gasteiger partial charge on any atom is 0.248 e. The van der Waals surface area contributed by atoms with Crippen LogP contribution in [0.5, 0.6) is 11.5 Å². The van der Waals surface area contributed by atoms with E-state index in [-0.39, 0.29) is 5.91 Å². The monoisotopic (exact) mass is 353 g/mol. The van der Waals surface area contributed by atoms with Crippen molar-refractivity contribution in [2.24, 2.45) is 0 Å². The Morgan fingerprint density at radius 3 is 2.73 bits per heavy atom. The van der Waals surface area contributed by atoms with Gasteiger partial charge in [0.1, 0.15) is 6.61 Å². The zero-order valence-corrected chi connectivity index (χ0v) is 15.0. The first-order chi connectivity index (χ1) is 12.7. The lowest BCUT2D eigenvalue weighted by molar-refractivity contribution is -0.111. The van der Waals surface area contributed by atoms with Crippen molar-refractivity contribution in [2.75, 3.05) is 26.1 Å². The summed E-state index contributed by atoms with van der Waals surface area (Å²) in [6.45, 7) is 4.52. The Kier molecular flexibility index (Phi) is 7.46. The van der Waals surface area contributed by atoms with E-state index in [1.165, 1.54) is 6.08 Å². The van der Waals surface area contributed by atoms with Crippen molar-refractivity contribution in [1.82, 2.24) is 0 Å². The van der Waals surface area contributed by atoms with Crippen LogP contribution in [0.1, 0.15) is 11.1 Å². The number of hydrogen-bond donors (Lipinski definition) is 1. The number of benzene rings is 2. The van der Waals surface area contributed by atoms with Gasteiger partial charge in [-0.3, -0.25) is 4.79 Å². The van der Waals surface area contributed by atoms with Gasteiger partial charge in [-0.15, -0.1) is 0 Å². The molecule has 5 heteroatoms. The molecule has 1 amide bonds. The number of ether oxygens (including phenoxy) is 3. The maximum atomic E-state index is 12.1. The van der Waals surface area contributed by atoms with E-state index in [0.29, 0.717) is 24.7 Å². The van der Waals surface area contributed by atoms with Crippen molar-refractivity contribution >= 4 is 17.7 Å². The van der Waals surface area contributed by atoms with Crippen LogP contribution in [0.4, 0.5) is 5.69 Å². The molecule has 0 heterocycles. The molecule has 0 spiro atoms. The number of hydrogen-bond acceptors (Lipinski definition) is 4. The molecule has 0 saturated heterocycles. The number of anilines is 1. The fourth-order valence-electron chi connectivity index (χ4n) is 2.32. The van der Waals surface area contributed by atoms with Gasteiger partial charge < -0.3 is 19.5 Å². The van der Waals surface area contributed by atoms with E-state index in [2.05, 4.69) is 11.9 Å². The second kappa shape index (κ2) is 10.1. The summed E-state index contributed by atoms with van der Waals surface area (Å²) >= 11 is 0. The van der Waals surface area contributed by atoms with Gasteiger partial charge in [-0.25, -0.2) is 0 Å². The minimum atomic E-state index is -0.217. The van der Waals surface area contributed by atoms with Crippen LogP contribution >= 0.6 is 0 Å². The van der Waals surface area contributed by atoms with Gasteiger partial charge in [-0.05, 0) is 41.5 Å². The summed E-state index contributed by atoms with van der Waals surface area (Å²) < 4.78 is 15.9. The van der Waals surface area contributed by atoms with Gasteiger partial charge in [0, 0.05) is 18.9 Å². The summed E-state index contributed by atoms with van der Waals surface area (Å²) in [5.41, 5.74) is 2.55. The van der Waals surface area contributed by atoms with Gasteiger partial charge in [-0.1, -0.05) is 30.9 Å². The molecular weight excluding hydrogens is 330 g/mol. The predicted octanol–water partition coefficient (Wildman–Crippen LogP) is 4.06. The Morgan fingerprint density at radius 1 is 1.15 bits per heavy atom. The number of carbonyl (C=O) groups is 1. The molecule has 0 aliphatic carbocycles. The minimum absolute atomic E-state index is 0.217. The lowest BCUT2D eigenvalue weighted by Gasteiger charge is -2.09. The van der Waals surface area contributed by atoms with Crippen molar-refractivity contribution < 1.29 is 19.0 Å². The molecule has 0 aromatic heterocycles. The second-order valence-corrected chi connectivity index (χ2v) is 5.47. The average molecular weight is 353 g/mol. The normalized spacial score (nSPS) is 10.5. The van der Waals surface area contributed by atoms with Gasteiger partial charge in [0.2, 0.25) is 5.91 Å². The molecule has 0 unspecified atom stereocenters. The first kappa shape index (κ1) is 19.3. The summed E-state index contributed by atoms with van der Waals surface area (Å²) in [6, 6.07) is 13.0. The fraction of sp³-hybridized carbons (Fsp3) is 0.190. The van der Waals surface area contributed by atoms with Crippen molar-refractivity contribution in [3.63, 3.8) is 0 Å². The third-order valence-corrected chi connectivity index (χ3v) is 3.48. The van der Waals surface area contributed by atoms with E-state index in [9.17, 15) is 4.79 Å². The van der Waals surface area contributed by atoms with E-state index >= 15 is 0 Å². The van der Waals surface area contributed by atoms with Gasteiger partial charge >= 0.3 is 0 Å². The first-order valence-electron chi connectivity index (χ1n) is 8.15. The van der Waals surface area contributed by atoms with E-state index in [4.69, 9.17) is 14.2 Å². The van der Waals surface area contributed by atoms with Crippen LogP contribution < -0.4 is 14.8 Å². The van der Waals surface area contributed by atoms with Gasteiger partial charge in [0.25, 0.3) is 0 Å². The molecule has 0 bridgehead atoms. The zero-order valence-electron chi connectivity index (χ0n) is 15.0. The Hall–Kier alpha value is -3.05. The Balaban J connectivity index is 2.03. The molecule has 26 heavy (non-hydrogen) atoms. The quantitative estimate of drug-likeness (QED) is 0.546. The summed E-state index contributed by atoms with van der Waals surface area (Å²) in [7, 11) is 3.21. The fourth-order valence-corrected chi connectivity index (χ4v) is 2.32. The molecule has 2 aromatic carbocycles. The van der Waals surface area contributed by atoms with Crippen LogP contribution in [0.25, 0.3) is 6.08 Å². The van der Waals surface area contributed by atoms with Crippen LogP contribution in [-0.2, 0) is 16.1 Å². The lowest BCUT2D eigenvalue weighted by Crippen LogP contribution is -2.08. The smallest absolute Gasteiger partial charge is 0.248 e. The maximum absolute atomic E-state index is 12.1. The molecule has 2 rings (SSSR count). The summed E-state index contributed by atoms with van der Waals surface area (Å²) in [5.74, 6) is 1.01. The van der Waals surface area contributed by atoms with Crippen molar-refractivity contribution in [2.45, 2.75) is 6.61 Å². The summed E-state index contributed by atoms with van der Waals surface area (Å²) in [5, 5.41) is 2.83. The Morgan fingerprint density at radius 2 is 2.00 bits per heavy atom. The highest BCUT2D eigenvalue weighted by Crippen LogP contribution is 2.28. The standard InChI is InChI=1S/C21H23NO4/c1-4-12-26-19-10-8-16(14-20(19)25-3)9-11-21(23)22-18-7-5-6-17(13-18)15-24-2/h4-11,13-14H,1,12,15H2,2-3H3,(H,22,23)/b11-9+. The van der Waals surface area contributed by atoms with Gasteiger partial charge in [0.05, 0.1) is 13.7 Å². The van der Waals surface area contributed by atoms with E-state index < -0.39 is 0 Å². The molecule has 1 N–H and O–H groups in total. The Bertz CT molecular complexity index is 783. The molecular formula is C21H23NO4. The van der Waals surface area contributed by atoms with E-state index in [0.717, 1.165) is 16.8 Å². The molecule has 0 radical (unpaired) electrons. The number of nitrogens with one attached hydrogen (secondary N) is 1. The van der Waals surface area contributed by atoms with Gasteiger partial charge in [-0.2, -0.15) is 0 Å². The molecule has 0 atom stereocenters. The molecule has 5 nitrogen and oxygen atoms in total. The predicted molar refractivity (Wildman–Crippen MR) is 104 cm³/mol. The summed E-state index contributed by atoms with van der Waals surface area (Å²) in [6.07, 6.45) is 4.86. The van der Waals surface area contributed by atoms with Crippen LogP contribution in [0.2, 0.25) is 0 Å². The van der Waals surface area contributed by atoms with Crippen molar-refractivity contribution in [1.29, 1.82) is 0 Å². The van der Waals surface area contributed by atoms with Crippen LogP contribution in [-0.4, -0.2) is 26.7 Å². The highest BCUT2D eigenvalue weighted by atomic mass is 16.5. The molecule has 0 aliphatic heterocycles. The molecule has 0 aliphatic rings. The minimum Gasteiger partial charge on any atom is -0.493 e. The molecule has 0 saturated carbocycles. The number of methoxy groups -OCH3 is 2. The van der Waals surface area contributed by atoms with Crippen LogP contribution in [0, 0.1) is 0 Å². The summed E-state index contributed by atoms with van der Waals surface area (Å²) in [4.78, 5) is 12.1. The highest BCUT2D eigenvalue weighted by molar-refractivity contribution is 6.02. The average Bonchev–Trinajstić information content (AvgIpc) is 2.65. The number of rotatable bonds is 9. The van der Waals surface area contributed by atoms with E-state index in [1.54, 1.807) is 38.5 Å². The number of carbonyl (C=O) groups excluding carboxylic acids is 1.